The highest BCUT2D eigenvalue weighted by Crippen LogP contribution is 2.24. The summed E-state index contributed by atoms with van der Waals surface area (Å²) < 4.78 is 11.0. The quantitative estimate of drug-likeness (QED) is 0.590. The number of benzene rings is 2. The van der Waals surface area contributed by atoms with E-state index in [2.05, 4.69) is 0 Å². The zero-order chi connectivity index (χ0) is 14.4. The Bertz CT molecular complexity index is 582. The standard InChI is InChI=1S/C15H12Cl2O3/c16-12-2-4-13(5-3-12)19-7-8-20-15-6-1-11(10-18)9-14(15)17/h1-6,9-10H,7-8H2. The van der Waals surface area contributed by atoms with Gasteiger partial charge in [0.2, 0.25) is 0 Å². The number of ether oxygens (including phenoxy) is 2. The molecule has 0 saturated heterocycles. The van der Waals surface area contributed by atoms with Gasteiger partial charge in [-0.15, -0.1) is 0 Å². The van der Waals surface area contributed by atoms with Crippen LogP contribution >= 0.6 is 23.2 Å². The van der Waals surface area contributed by atoms with E-state index in [1.54, 1.807) is 42.5 Å². The Morgan fingerprint density at radius 1 is 0.950 bits per heavy atom. The minimum Gasteiger partial charge on any atom is -0.490 e. The van der Waals surface area contributed by atoms with Crippen molar-refractivity contribution in [3.63, 3.8) is 0 Å². The predicted molar refractivity (Wildman–Crippen MR) is 79.3 cm³/mol. The summed E-state index contributed by atoms with van der Waals surface area (Å²) in [5.41, 5.74) is 0.514. The second-order valence-electron chi connectivity index (χ2n) is 3.96. The Hall–Kier alpha value is -1.71. The van der Waals surface area contributed by atoms with E-state index in [1.807, 2.05) is 0 Å². The molecule has 2 rings (SSSR count). The minimum absolute atomic E-state index is 0.350. The number of aldehydes is 1. The molecule has 0 heterocycles. The first-order valence-corrected chi connectivity index (χ1v) is 6.70. The van der Waals surface area contributed by atoms with E-state index in [9.17, 15) is 4.79 Å². The molecule has 2 aromatic rings. The van der Waals surface area contributed by atoms with Gasteiger partial charge in [0.1, 0.15) is 31.0 Å². The average Bonchev–Trinajstić information content (AvgIpc) is 2.46. The van der Waals surface area contributed by atoms with Crippen LogP contribution < -0.4 is 9.47 Å². The van der Waals surface area contributed by atoms with Crippen LogP contribution in [-0.4, -0.2) is 19.5 Å². The Labute approximate surface area is 127 Å². The average molecular weight is 311 g/mol. The number of rotatable bonds is 6. The van der Waals surface area contributed by atoms with Crippen molar-refractivity contribution in [2.24, 2.45) is 0 Å². The van der Waals surface area contributed by atoms with Gasteiger partial charge in [-0.05, 0) is 42.5 Å². The lowest BCUT2D eigenvalue weighted by molar-refractivity contribution is 0.112. The molecule has 5 heteroatoms. The van der Waals surface area contributed by atoms with E-state index >= 15 is 0 Å². The van der Waals surface area contributed by atoms with Gasteiger partial charge in [0.25, 0.3) is 0 Å². The Morgan fingerprint density at radius 2 is 1.65 bits per heavy atom. The van der Waals surface area contributed by atoms with Gasteiger partial charge in [-0.1, -0.05) is 23.2 Å². The summed E-state index contributed by atoms with van der Waals surface area (Å²) in [7, 11) is 0. The molecule has 0 spiro atoms. The number of halogens is 2. The van der Waals surface area contributed by atoms with Gasteiger partial charge in [0, 0.05) is 10.6 Å². The number of carbonyl (C=O) groups excluding carboxylic acids is 1. The molecular formula is C15H12Cl2O3. The van der Waals surface area contributed by atoms with Crippen molar-refractivity contribution < 1.29 is 14.3 Å². The molecule has 0 unspecified atom stereocenters. The van der Waals surface area contributed by atoms with E-state index in [0.717, 1.165) is 12.0 Å². The van der Waals surface area contributed by atoms with Crippen molar-refractivity contribution in [1.29, 1.82) is 0 Å². The van der Waals surface area contributed by atoms with Crippen LogP contribution in [0.2, 0.25) is 10.0 Å². The van der Waals surface area contributed by atoms with Crippen LogP contribution in [0.3, 0.4) is 0 Å². The van der Waals surface area contributed by atoms with E-state index in [0.29, 0.717) is 34.6 Å². The lowest BCUT2D eigenvalue weighted by atomic mass is 10.2. The molecule has 0 aliphatic rings. The maximum absolute atomic E-state index is 10.6. The molecule has 2 aromatic carbocycles. The summed E-state index contributed by atoms with van der Waals surface area (Å²) in [6.07, 6.45) is 0.735. The summed E-state index contributed by atoms with van der Waals surface area (Å²) in [6.45, 7) is 0.732. The van der Waals surface area contributed by atoms with Crippen molar-refractivity contribution in [2.75, 3.05) is 13.2 Å². The van der Waals surface area contributed by atoms with Crippen LogP contribution in [-0.2, 0) is 0 Å². The summed E-state index contributed by atoms with van der Waals surface area (Å²) in [5.74, 6) is 1.25. The van der Waals surface area contributed by atoms with Crippen LogP contribution in [0, 0.1) is 0 Å². The number of carbonyl (C=O) groups is 1. The third kappa shape index (κ3) is 4.15. The Morgan fingerprint density at radius 3 is 2.30 bits per heavy atom. The largest absolute Gasteiger partial charge is 0.490 e. The van der Waals surface area contributed by atoms with Crippen LogP contribution in [0.15, 0.2) is 42.5 Å². The highest BCUT2D eigenvalue weighted by molar-refractivity contribution is 6.32. The fraction of sp³-hybridized carbons (Fsp3) is 0.133. The molecule has 20 heavy (non-hydrogen) atoms. The molecule has 0 fully saturated rings. The lowest BCUT2D eigenvalue weighted by Gasteiger charge is -2.09. The second kappa shape index (κ2) is 7.17. The van der Waals surface area contributed by atoms with E-state index in [-0.39, 0.29) is 0 Å². The first-order valence-electron chi connectivity index (χ1n) is 5.95. The van der Waals surface area contributed by atoms with Crippen molar-refractivity contribution >= 4 is 29.5 Å². The molecule has 0 aliphatic heterocycles. The van der Waals surface area contributed by atoms with Crippen molar-refractivity contribution in [2.45, 2.75) is 0 Å². The lowest BCUT2D eigenvalue weighted by Crippen LogP contribution is -2.09. The molecule has 0 bridgehead atoms. The van der Waals surface area contributed by atoms with Crippen molar-refractivity contribution in [1.82, 2.24) is 0 Å². The molecule has 0 radical (unpaired) electrons. The summed E-state index contributed by atoms with van der Waals surface area (Å²) in [5, 5.41) is 1.07. The van der Waals surface area contributed by atoms with Gasteiger partial charge in [0.05, 0.1) is 5.02 Å². The maximum atomic E-state index is 10.6. The SMILES string of the molecule is O=Cc1ccc(OCCOc2ccc(Cl)cc2)c(Cl)c1. The molecule has 3 nitrogen and oxygen atoms in total. The minimum atomic E-state index is 0.350. The Balaban J connectivity index is 1.81. The monoisotopic (exact) mass is 310 g/mol. The summed E-state index contributed by atoms with van der Waals surface area (Å²) >= 11 is 11.8. The van der Waals surface area contributed by atoms with Crippen LogP contribution in [0.5, 0.6) is 11.5 Å². The third-order valence-corrected chi connectivity index (χ3v) is 3.06. The van der Waals surface area contributed by atoms with Crippen LogP contribution in [0.25, 0.3) is 0 Å². The zero-order valence-electron chi connectivity index (χ0n) is 10.5. The van der Waals surface area contributed by atoms with Gasteiger partial charge < -0.3 is 9.47 Å². The first kappa shape index (κ1) is 14.7. The normalized spacial score (nSPS) is 10.1. The zero-order valence-corrected chi connectivity index (χ0v) is 12.0. The number of hydrogen-bond acceptors (Lipinski definition) is 3. The first-order chi connectivity index (χ1) is 9.69. The molecule has 0 saturated carbocycles. The molecule has 0 aliphatic carbocycles. The molecule has 0 N–H and O–H groups in total. The number of hydrogen-bond donors (Lipinski definition) is 0. The second-order valence-corrected chi connectivity index (χ2v) is 4.80. The van der Waals surface area contributed by atoms with Crippen molar-refractivity contribution in [3.05, 3.63) is 58.1 Å². The van der Waals surface area contributed by atoms with Crippen molar-refractivity contribution in [3.8, 4) is 11.5 Å². The van der Waals surface area contributed by atoms with Crippen LogP contribution in [0.1, 0.15) is 10.4 Å². The highest BCUT2D eigenvalue weighted by atomic mass is 35.5. The maximum Gasteiger partial charge on any atom is 0.150 e. The van der Waals surface area contributed by atoms with Gasteiger partial charge in [0.15, 0.2) is 0 Å². The van der Waals surface area contributed by atoms with Gasteiger partial charge in [-0.3, -0.25) is 4.79 Å². The molecular weight excluding hydrogens is 299 g/mol. The van der Waals surface area contributed by atoms with Crippen LogP contribution in [0.4, 0.5) is 0 Å². The fourth-order valence-electron chi connectivity index (χ4n) is 1.55. The molecule has 0 aromatic heterocycles. The smallest absolute Gasteiger partial charge is 0.150 e. The third-order valence-electron chi connectivity index (χ3n) is 2.52. The summed E-state index contributed by atoms with van der Waals surface area (Å²) in [6, 6.07) is 12.0. The Kier molecular flexibility index (Phi) is 5.27. The van der Waals surface area contributed by atoms with E-state index in [4.69, 9.17) is 32.7 Å². The van der Waals surface area contributed by atoms with E-state index < -0.39 is 0 Å². The topological polar surface area (TPSA) is 35.5 Å². The predicted octanol–water partition coefficient (Wildman–Crippen LogP) is 4.26. The van der Waals surface area contributed by atoms with E-state index in [1.165, 1.54) is 0 Å². The van der Waals surface area contributed by atoms with Gasteiger partial charge >= 0.3 is 0 Å². The van der Waals surface area contributed by atoms with Gasteiger partial charge in [-0.25, -0.2) is 0 Å². The fourth-order valence-corrected chi connectivity index (χ4v) is 1.92. The van der Waals surface area contributed by atoms with Gasteiger partial charge in [-0.2, -0.15) is 0 Å². The molecule has 0 atom stereocenters. The summed E-state index contributed by atoms with van der Waals surface area (Å²) in [4.78, 5) is 10.6. The molecule has 104 valence electrons. The highest BCUT2D eigenvalue weighted by Gasteiger charge is 2.03. The molecule has 0 amide bonds.